The van der Waals surface area contributed by atoms with Crippen LogP contribution in [0.5, 0.6) is 0 Å². The van der Waals surface area contributed by atoms with Crippen molar-refractivity contribution in [3.63, 3.8) is 0 Å². The van der Waals surface area contributed by atoms with Gasteiger partial charge in [0.05, 0.1) is 6.10 Å². The Bertz CT molecular complexity index is 405. The summed E-state index contributed by atoms with van der Waals surface area (Å²) in [7, 11) is 0. The standard InChI is InChI=1S/C8H11NO.C6H5Br/c9-6-8(10)7-4-2-1-3-5-7;7-6-4-2-1-3-5-6/h1-5,8,10H,6,9H2;1-5H. The maximum Gasteiger partial charge on any atom is 0.0912 e. The van der Waals surface area contributed by atoms with Crippen LogP contribution in [0.2, 0.25) is 0 Å². The van der Waals surface area contributed by atoms with Crippen LogP contribution >= 0.6 is 15.9 Å². The maximum atomic E-state index is 9.20. The van der Waals surface area contributed by atoms with Crippen molar-refractivity contribution >= 4 is 15.9 Å². The number of rotatable bonds is 2. The SMILES string of the molecule is Brc1ccccc1.NCC(O)c1ccccc1. The third-order valence-electron chi connectivity index (χ3n) is 2.14. The molecule has 0 amide bonds. The summed E-state index contributed by atoms with van der Waals surface area (Å²) in [5, 5.41) is 9.20. The Labute approximate surface area is 110 Å². The monoisotopic (exact) mass is 293 g/mol. The Morgan fingerprint density at radius 2 is 1.41 bits per heavy atom. The molecule has 0 saturated carbocycles. The van der Waals surface area contributed by atoms with Gasteiger partial charge in [-0.1, -0.05) is 64.5 Å². The molecule has 2 rings (SSSR count). The van der Waals surface area contributed by atoms with Crippen molar-refractivity contribution in [1.82, 2.24) is 0 Å². The minimum Gasteiger partial charge on any atom is -0.387 e. The second-order valence-electron chi connectivity index (χ2n) is 3.46. The van der Waals surface area contributed by atoms with E-state index >= 15 is 0 Å². The Morgan fingerprint density at radius 1 is 0.941 bits per heavy atom. The molecule has 2 aromatic rings. The number of nitrogens with two attached hydrogens (primary N) is 1. The summed E-state index contributed by atoms with van der Waals surface area (Å²) in [6, 6.07) is 19.4. The van der Waals surface area contributed by atoms with Crippen molar-refractivity contribution < 1.29 is 5.11 Å². The molecule has 0 radical (unpaired) electrons. The van der Waals surface area contributed by atoms with E-state index in [9.17, 15) is 5.11 Å². The molecule has 1 unspecified atom stereocenters. The highest BCUT2D eigenvalue weighted by Crippen LogP contribution is 2.08. The molecular formula is C14H16BrNO. The second-order valence-corrected chi connectivity index (χ2v) is 4.37. The van der Waals surface area contributed by atoms with Crippen molar-refractivity contribution in [3.05, 3.63) is 70.7 Å². The fourth-order valence-corrected chi connectivity index (χ4v) is 1.53. The van der Waals surface area contributed by atoms with Crippen LogP contribution in [-0.4, -0.2) is 11.7 Å². The third kappa shape index (κ3) is 5.63. The molecule has 0 fully saturated rings. The molecule has 0 aromatic heterocycles. The number of aliphatic hydroxyl groups is 1. The van der Waals surface area contributed by atoms with E-state index < -0.39 is 6.10 Å². The summed E-state index contributed by atoms with van der Waals surface area (Å²) in [4.78, 5) is 0. The first-order valence-corrected chi connectivity index (χ1v) is 6.17. The van der Waals surface area contributed by atoms with Crippen molar-refractivity contribution in [2.75, 3.05) is 6.54 Å². The Morgan fingerprint density at radius 3 is 1.76 bits per heavy atom. The zero-order valence-electron chi connectivity index (χ0n) is 9.46. The molecule has 2 nitrogen and oxygen atoms in total. The highest BCUT2D eigenvalue weighted by molar-refractivity contribution is 9.10. The minimum atomic E-state index is -0.513. The largest absolute Gasteiger partial charge is 0.387 e. The predicted molar refractivity (Wildman–Crippen MR) is 74.6 cm³/mol. The number of hydrogen-bond acceptors (Lipinski definition) is 2. The van der Waals surface area contributed by atoms with E-state index in [1.54, 1.807) is 0 Å². The number of aliphatic hydroxyl groups excluding tert-OH is 1. The van der Waals surface area contributed by atoms with Gasteiger partial charge in [-0.3, -0.25) is 0 Å². The van der Waals surface area contributed by atoms with Crippen LogP contribution in [0.4, 0.5) is 0 Å². The van der Waals surface area contributed by atoms with Gasteiger partial charge in [-0.05, 0) is 17.7 Å². The topological polar surface area (TPSA) is 46.2 Å². The summed E-state index contributed by atoms with van der Waals surface area (Å²) in [5.41, 5.74) is 6.13. The molecule has 3 N–H and O–H groups in total. The lowest BCUT2D eigenvalue weighted by atomic mass is 10.1. The zero-order chi connectivity index (χ0) is 12.5. The first kappa shape index (κ1) is 13.9. The molecule has 3 heteroatoms. The summed E-state index contributed by atoms with van der Waals surface area (Å²) >= 11 is 3.31. The van der Waals surface area contributed by atoms with Crippen LogP contribution < -0.4 is 5.73 Å². The Hall–Kier alpha value is -1.16. The minimum absolute atomic E-state index is 0.282. The molecule has 0 aliphatic rings. The molecule has 0 aliphatic carbocycles. The quantitative estimate of drug-likeness (QED) is 0.894. The summed E-state index contributed by atoms with van der Waals surface area (Å²) in [6.07, 6.45) is -0.513. The summed E-state index contributed by atoms with van der Waals surface area (Å²) < 4.78 is 1.13. The van der Waals surface area contributed by atoms with Gasteiger partial charge in [-0.15, -0.1) is 0 Å². The second kappa shape index (κ2) is 8.01. The number of benzene rings is 2. The average Bonchev–Trinajstić information content (AvgIpc) is 2.40. The number of halogens is 1. The van der Waals surface area contributed by atoms with Crippen molar-refractivity contribution in [2.24, 2.45) is 5.73 Å². The van der Waals surface area contributed by atoms with Gasteiger partial charge in [0.15, 0.2) is 0 Å². The molecule has 17 heavy (non-hydrogen) atoms. The van der Waals surface area contributed by atoms with Gasteiger partial charge in [0.2, 0.25) is 0 Å². The van der Waals surface area contributed by atoms with Crippen LogP contribution in [0.3, 0.4) is 0 Å². The highest BCUT2D eigenvalue weighted by atomic mass is 79.9. The van der Waals surface area contributed by atoms with Gasteiger partial charge in [-0.25, -0.2) is 0 Å². The first-order valence-electron chi connectivity index (χ1n) is 5.37. The fourth-order valence-electron chi connectivity index (χ4n) is 1.23. The molecule has 0 aliphatic heterocycles. The summed E-state index contributed by atoms with van der Waals surface area (Å²) in [5.74, 6) is 0. The molecule has 0 spiro atoms. The van der Waals surface area contributed by atoms with Gasteiger partial charge in [-0.2, -0.15) is 0 Å². The molecule has 90 valence electrons. The van der Waals surface area contributed by atoms with E-state index in [-0.39, 0.29) is 6.54 Å². The number of hydrogen-bond donors (Lipinski definition) is 2. The van der Waals surface area contributed by atoms with Crippen LogP contribution in [0, 0.1) is 0 Å². The van der Waals surface area contributed by atoms with Crippen LogP contribution in [0.15, 0.2) is 65.1 Å². The average molecular weight is 294 g/mol. The fraction of sp³-hybridized carbons (Fsp3) is 0.143. The van der Waals surface area contributed by atoms with Gasteiger partial charge in [0, 0.05) is 11.0 Å². The molecule has 1 atom stereocenters. The molecule has 0 heterocycles. The van der Waals surface area contributed by atoms with E-state index in [1.807, 2.05) is 60.7 Å². The summed E-state index contributed by atoms with van der Waals surface area (Å²) in [6.45, 7) is 0.282. The first-order chi connectivity index (χ1) is 8.24. The van der Waals surface area contributed by atoms with Gasteiger partial charge in [0.1, 0.15) is 0 Å². The highest BCUT2D eigenvalue weighted by Gasteiger charge is 2.01. The lowest BCUT2D eigenvalue weighted by Crippen LogP contribution is -2.10. The normalized spacial score (nSPS) is 11.2. The smallest absolute Gasteiger partial charge is 0.0912 e. The van der Waals surface area contributed by atoms with Crippen LogP contribution in [0.1, 0.15) is 11.7 Å². The third-order valence-corrected chi connectivity index (χ3v) is 2.67. The van der Waals surface area contributed by atoms with Crippen molar-refractivity contribution in [1.29, 1.82) is 0 Å². The maximum absolute atomic E-state index is 9.20. The molecule has 0 saturated heterocycles. The predicted octanol–water partition coefficient (Wildman–Crippen LogP) is 3.13. The van der Waals surface area contributed by atoms with Crippen molar-refractivity contribution in [3.8, 4) is 0 Å². The lowest BCUT2D eigenvalue weighted by Gasteiger charge is -2.05. The van der Waals surface area contributed by atoms with Gasteiger partial charge in [0.25, 0.3) is 0 Å². The molecule has 2 aromatic carbocycles. The van der Waals surface area contributed by atoms with Gasteiger partial charge < -0.3 is 10.8 Å². The van der Waals surface area contributed by atoms with Crippen LogP contribution in [-0.2, 0) is 0 Å². The van der Waals surface area contributed by atoms with Crippen LogP contribution in [0.25, 0.3) is 0 Å². The van der Waals surface area contributed by atoms with Crippen molar-refractivity contribution in [2.45, 2.75) is 6.10 Å². The van der Waals surface area contributed by atoms with E-state index in [4.69, 9.17) is 5.73 Å². The molecule has 0 bridgehead atoms. The van der Waals surface area contributed by atoms with E-state index in [0.717, 1.165) is 10.0 Å². The Balaban J connectivity index is 0.000000181. The van der Waals surface area contributed by atoms with E-state index in [2.05, 4.69) is 15.9 Å². The molecular weight excluding hydrogens is 278 g/mol. The Kier molecular flexibility index (Phi) is 6.55. The lowest BCUT2D eigenvalue weighted by molar-refractivity contribution is 0.187. The van der Waals surface area contributed by atoms with E-state index in [1.165, 1.54) is 0 Å². The van der Waals surface area contributed by atoms with Gasteiger partial charge >= 0.3 is 0 Å². The zero-order valence-corrected chi connectivity index (χ0v) is 11.0. The van der Waals surface area contributed by atoms with E-state index in [0.29, 0.717) is 0 Å².